The van der Waals surface area contributed by atoms with Crippen molar-refractivity contribution >= 4 is 40.5 Å². The molecule has 2 amide bonds. The van der Waals surface area contributed by atoms with E-state index in [0.29, 0.717) is 28.9 Å². The number of para-hydroxylation sites is 1. The topological polar surface area (TPSA) is 55.9 Å². The van der Waals surface area contributed by atoms with Crippen LogP contribution in [0.2, 0.25) is 0 Å². The summed E-state index contributed by atoms with van der Waals surface area (Å²) in [4.78, 5) is 32.3. The molecule has 0 aromatic heterocycles. The largest absolute Gasteiger partial charge is 0.336 e. The number of thiocarbonyl (C=S) groups is 1. The Kier molecular flexibility index (Phi) is 7.90. The van der Waals surface area contributed by atoms with Gasteiger partial charge < -0.3 is 15.1 Å². The molecule has 2 aliphatic rings. The SMILES string of the molecule is CCCN1CCC(CN2C(=S)N(c3ccccc3)C(=O)[C@H]2CC(=O)Nc2ccc(F)cc2)CC1. The highest BCUT2D eigenvalue weighted by Gasteiger charge is 2.44. The molecular formula is C26H31FN4O2S. The molecule has 2 aromatic rings. The minimum absolute atomic E-state index is 0.0195. The molecule has 180 valence electrons. The summed E-state index contributed by atoms with van der Waals surface area (Å²) in [6.45, 7) is 6.06. The van der Waals surface area contributed by atoms with E-state index in [1.807, 2.05) is 35.2 Å². The van der Waals surface area contributed by atoms with E-state index in [2.05, 4.69) is 17.1 Å². The molecule has 2 saturated heterocycles. The van der Waals surface area contributed by atoms with Gasteiger partial charge in [0.1, 0.15) is 11.9 Å². The number of benzene rings is 2. The number of carbonyl (C=O) groups excluding carboxylic acids is 2. The van der Waals surface area contributed by atoms with E-state index in [1.165, 1.54) is 24.3 Å². The molecule has 8 heteroatoms. The van der Waals surface area contributed by atoms with Crippen LogP contribution in [0.1, 0.15) is 32.6 Å². The first-order valence-electron chi connectivity index (χ1n) is 11.9. The molecule has 2 aromatic carbocycles. The lowest BCUT2D eigenvalue weighted by Crippen LogP contribution is -2.44. The van der Waals surface area contributed by atoms with E-state index < -0.39 is 6.04 Å². The van der Waals surface area contributed by atoms with Crippen LogP contribution in [0.4, 0.5) is 15.8 Å². The molecule has 2 fully saturated rings. The molecule has 4 rings (SSSR count). The number of hydrogen-bond acceptors (Lipinski definition) is 4. The zero-order valence-electron chi connectivity index (χ0n) is 19.5. The van der Waals surface area contributed by atoms with Crippen molar-refractivity contribution in [2.75, 3.05) is 36.4 Å². The van der Waals surface area contributed by atoms with Gasteiger partial charge in [0.25, 0.3) is 5.91 Å². The average Bonchev–Trinajstić information content (AvgIpc) is 3.06. The van der Waals surface area contributed by atoms with E-state index in [0.717, 1.165) is 38.9 Å². The number of hydrogen-bond donors (Lipinski definition) is 1. The van der Waals surface area contributed by atoms with Crippen molar-refractivity contribution in [2.24, 2.45) is 5.92 Å². The maximum atomic E-state index is 13.5. The lowest BCUT2D eigenvalue weighted by Gasteiger charge is -2.35. The van der Waals surface area contributed by atoms with E-state index >= 15 is 0 Å². The van der Waals surface area contributed by atoms with Crippen LogP contribution in [0.3, 0.4) is 0 Å². The van der Waals surface area contributed by atoms with Crippen LogP contribution in [0.15, 0.2) is 54.6 Å². The molecule has 0 unspecified atom stereocenters. The van der Waals surface area contributed by atoms with Crippen LogP contribution in [0.25, 0.3) is 0 Å². The Hall–Kier alpha value is -2.84. The van der Waals surface area contributed by atoms with Crippen molar-refractivity contribution in [2.45, 2.75) is 38.6 Å². The van der Waals surface area contributed by atoms with Crippen LogP contribution in [0.5, 0.6) is 0 Å². The number of halogens is 1. The number of amides is 2. The van der Waals surface area contributed by atoms with E-state index in [-0.39, 0.29) is 24.1 Å². The van der Waals surface area contributed by atoms with Crippen molar-refractivity contribution in [1.82, 2.24) is 9.80 Å². The summed E-state index contributed by atoms with van der Waals surface area (Å²) in [5.41, 5.74) is 1.20. The van der Waals surface area contributed by atoms with Gasteiger partial charge in [0.05, 0.1) is 12.1 Å². The summed E-state index contributed by atoms with van der Waals surface area (Å²) in [5, 5.41) is 3.23. The Morgan fingerprint density at radius 1 is 1.09 bits per heavy atom. The standard InChI is InChI=1S/C26H31FN4O2S/c1-2-14-29-15-12-19(13-16-29)18-30-23(17-24(32)28-21-10-8-20(27)9-11-21)25(33)31(26(30)34)22-6-4-3-5-7-22/h3-11,19,23H,2,12-18H2,1H3,(H,28,32)/t23-/m1/s1. The van der Waals surface area contributed by atoms with Gasteiger partial charge in [-0.25, -0.2) is 4.39 Å². The van der Waals surface area contributed by atoms with Gasteiger partial charge in [-0.2, -0.15) is 0 Å². The van der Waals surface area contributed by atoms with Crippen molar-refractivity contribution < 1.29 is 14.0 Å². The zero-order valence-corrected chi connectivity index (χ0v) is 20.3. The maximum absolute atomic E-state index is 13.5. The Morgan fingerprint density at radius 2 is 1.76 bits per heavy atom. The Labute approximate surface area is 205 Å². The highest BCUT2D eigenvalue weighted by molar-refractivity contribution is 7.80. The lowest BCUT2D eigenvalue weighted by molar-refractivity contribution is -0.124. The Bertz CT molecular complexity index is 1010. The highest BCUT2D eigenvalue weighted by atomic mass is 32.1. The minimum Gasteiger partial charge on any atom is -0.336 e. The fraction of sp³-hybridized carbons (Fsp3) is 0.423. The number of nitrogens with one attached hydrogen (secondary N) is 1. The van der Waals surface area contributed by atoms with Gasteiger partial charge in [0.15, 0.2) is 5.11 Å². The van der Waals surface area contributed by atoms with Gasteiger partial charge in [-0.1, -0.05) is 25.1 Å². The number of rotatable bonds is 8. The van der Waals surface area contributed by atoms with Crippen LogP contribution in [0, 0.1) is 11.7 Å². The van der Waals surface area contributed by atoms with Crippen molar-refractivity contribution in [3.05, 3.63) is 60.4 Å². The number of carbonyl (C=O) groups is 2. The molecular weight excluding hydrogens is 451 g/mol. The average molecular weight is 483 g/mol. The smallest absolute Gasteiger partial charge is 0.256 e. The van der Waals surface area contributed by atoms with Gasteiger partial charge >= 0.3 is 0 Å². The second-order valence-electron chi connectivity index (χ2n) is 9.00. The fourth-order valence-electron chi connectivity index (χ4n) is 4.76. The maximum Gasteiger partial charge on any atom is 0.256 e. The third-order valence-corrected chi connectivity index (χ3v) is 6.96. The van der Waals surface area contributed by atoms with Crippen LogP contribution < -0.4 is 10.2 Å². The molecule has 0 saturated carbocycles. The fourth-order valence-corrected chi connectivity index (χ4v) is 5.16. The lowest BCUT2D eigenvalue weighted by atomic mass is 9.95. The molecule has 0 bridgehead atoms. The predicted octanol–water partition coefficient (Wildman–Crippen LogP) is 4.28. The minimum atomic E-state index is -0.665. The number of nitrogens with zero attached hydrogens (tertiary/aromatic N) is 3. The summed E-state index contributed by atoms with van der Waals surface area (Å²) in [7, 11) is 0. The number of anilines is 2. The van der Waals surface area contributed by atoms with Crippen LogP contribution in [-0.2, 0) is 9.59 Å². The van der Waals surface area contributed by atoms with E-state index in [9.17, 15) is 14.0 Å². The molecule has 0 aliphatic carbocycles. The first kappa shape index (κ1) is 24.3. The molecule has 0 spiro atoms. The molecule has 34 heavy (non-hydrogen) atoms. The Balaban J connectivity index is 1.49. The number of piperidine rings is 1. The van der Waals surface area contributed by atoms with Crippen molar-refractivity contribution in [1.29, 1.82) is 0 Å². The predicted molar refractivity (Wildman–Crippen MR) is 136 cm³/mol. The monoisotopic (exact) mass is 482 g/mol. The second kappa shape index (κ2) is 11.1. The highest BCUT2D eigenvalue weighted by Crippen LogP contribution is 2.30. The molecule has 6 nitrogen and oxygen atoms in total. The first-order chi connectivity index (χ1) is 16.5. The third-order valence-electron chi connectivity index (χ3n) is 6.54. The van der Waals surface area contributed by atoms with Gasteiger partial charge in [0.2, 0.25) is 5.91 Å². The summed E-state index contributed by atoms with van der Waals surface area (Å²) in [5.74, 6) is -0.444. The summed E-state index contributed by atoms with van der Waals surface area (Å²) in [6, 6.07) is 14.3. The molecule has 2 aliphatic heterocycles. The summed E-state index contributed by atoms with van der Waals surface area (Å²) >= 11 is 5.78. The van der Waals surface area contributed by atoms with Crippen LogP contribution >= 0.6 is 12.2 Å². The molecule has 1 atom stereocenters. The van der Waals surface area contributed by atoms with Crippen molar-refractivity contribution in [3.63, 3.8) is 0 Å². The summed E-state index contributed by atoms with van der Waals surface area (Å²) in [6.07, 6.45) is 3.22. The van der Waals surface area contributed by atoms with Gasteiger partial charge in [-0.3, -0.25) is 14.5 Å². The molecule has 1 N–H and O–H groups in total. The number of likely N-dealkylation sites (tertiary alicyclic amines) is 1. The van der Waals surface area contributed by atoms with Crippen molar-refractivity contribution in [3.8, 4) is 0 Å². The Morgan fingerprint density at radius 3 is 2.41 bits per heavy atom. The normalized spacial score (nSPS) is 19.6. The third kappa shape index (κ3) is 5.62. The second-order valence-corrected chi connectivity index (χ2v) is 9.37. The molecule has 0 radical (unpaired) electrons. The van der Waals surface area contributed by atoms with Gasteiger partial charge in [-0.05, 0) is 93.4 Å². The van der Waals surface area contributed by atoms with Gasteiger partial charge in [0, 0.05) is 12.2 Å². The first-order valence-corrected chi connectivity index (χ1v) is 12.3. The molecule has 2 heterocycles. The van der Waals surface area contributed by atoms with E-state index in [1.54, 1.807) is 4.90 Å². The summed E-state index contributed by atoms with van der Waals surface area (Å²) < 4.78 is 13.2. The van der Waals surface area contributed by atoms with E-state index in [4.69, 9.17) is 12.2 Å². The van der Waals surface area contributed by atoms with Gasteiger partial charge in [-0.15, -0.1) is 0 Å². The van der Waals surface area contributed by atoms with Crippen LogP contribution in [-0.4, -0.2) is 58.9 Å². The zero-order chi connectivity index (χ0) is 24.1. The quantitative estimate of drug-likeness (QED) is 0.570.